The van der Waals surface area contributed by atoms with Crippen molar-refractivity contribution in [2.75, 3.05) is 11.9 Å². The molecule has 0 saturated carbocycles. The zero-order valence-electron chi connectivity index (χ0n) is 18.6. The Morgan fingerprint density at radius 2 is 1.97 bits per heavy atom. The molecule has 0 bridgehead atoms. The molecule has 1 aromatic carbocycles. The van der Waals surface area contributed by atoms with Crippen LogP contribution in [0.2, 0.25) is 0 Å². The lowest BCUT2D eigenvalue weighted by Crippen LogP contribution is -2.30. The SMILES string of the molecule is CC#CC(=O)N1CCC[C@H]1c1nc(-c2ccc(C(=O)Nc3ccccn3)cc2)c2cnccn12. The summed E-state index contributed by atoms with van der Waals surface area (Å²) in [5, 5.41) is 2.79. The minimum atomic E-state index is -0.237. The Morgan fingerprint density at radius 3 is 2.74 bits per heavy atom. The van der Waals surface area contributed by atoms with E-state index in [2.05, 4.69) is 27.1 Å². The van der Waals surface area contributed by atoms with Crippen LogP contribution in [0.3, 0.4) is 0 Å². The fourth-order valence-corrected chi connectivity index (χ4v) is 4.27. The number of aromatic nitrogens is 4. The second kappa shape index (κ2) is 9.16. The normalized spacial score (nSPS) is 15.1. The van der Waals surface area contributed by atoms with Gasteiger partial charge in [-0.05, 0) is 50.0 Å². The predicted molar refractivity (Wildman–Crippen MR) is 128 cm³/mol. The number of pyridine rings is 1. The smallest absolute Gasteiger partial charge is 0.299 e. The van der Waals surface area contributed by atoms with Gasteiger partial charge in [-0.3, -0.25) is 19.0 Å². The summed E-state index contributed by atoms with van der Waals surface area (Å²) < 4.78 is 1.99. The van der Waals surface area contributed by atoms with Crippen LogP contribution in [0.25, 0.3) is 16.8 Å². The molecule has 5 rings (SSSR count). The van der Waals surface area contributed by atoms with Crippen molar-refractivity contribution in [3.05, 3.63) is 78.6 Å². The zero-order valence-corrected chi connectivity index (χ0v) is 18.6. The van der Waals surface area contributed by atoms with Crippen LogP contribution in [-0.2, 0) is 4.79 Å². The third-order valence-electron chi connectivity index (χ3n) is 5.84. The maximum absolute atomic E-state index is 12.6. The first kappa shape index (κ1) is 21.3. The molecule has 0 unspecified atom stereocenters. The summed E-state index contributed by atoms with van der Waals surface area (Å²) in [6, 6.07) is 12.4. The first-order chi connectivity index (χ1) is 16.7. The van der Waals surface area contributed by atoms with Gasteiger partial charge < -0.3 is 10.2 Å². The molecule has 8 heteroatoms. The van der Waals surface area contributed by atoms with Gasteiger partial charge >= 0.3 is 0 Å². The Balaban J connectivity index is 1.47. The van der Waals surface area contributed by atoms with Crippen LogP contribution in [0.1, 0.15) is 42.0 Å². The molecule has 4 heterocycles. The van der Waals surface area contributed by atoms with Crippen molar-refractivity contribution in [2.24, 2.45) is 0 Å². The monoisotopic (exact) mass is 450 g/mol. The lowest BCUT2D eigenvalue weighted by molar-refractivity contribution is -0.126. The second-order valence-corrected chi connectivity index (χ2v) is 7.93. The quantitative estimate of drug-likeness (QED) is 0.478. The van der Waals surface area contributed by atoms with E-state index in [9.17, 15) is 9.59 Å². The van der Waals surface area contributed by atoms with E-state index in [1.165, 1.54) is 0 Å². The molecule has 0 spiro atoms. The maximum atomic E-state index is 12.6. The summed E-state index contributed by atoms with van der Waals surface area (Å²) in [6.07, 6.45) is 8.69. The number of carbonyl (C=O) groups excluding carboxylic acids is 2. The summed E-state index contributed by atoms with van der Waals surface area (Å²) in [6.45, 7) is 2.32. The molecule has 3 aromatic heterocycles. The average molecular weight is 451 g/mol. The highest BCUT2D eigenvalue weighted by Crippen LogP contribution is 2.35. The Bertz CT molecular complexity index is 1420. The number of nitrogens with one attached hydrogen (secondary N) is 1. The highest BCUT2D eigenvalue weighted by atomic mass is 16.2. The predicted octanol–water partition coefficient (Wildman–Crippen LogP) is 3.73. The Kier molecular flexibility index (Phi) is 5.75. The number of imidazole rings is 1. The summed E-state index contributed by atoms with van der Waals surface area (Å²) in [5.74, 6) is 6.22. The first-order valence-electron chi connectivity index (χ1n) is 11.0. The van der Waals surface area contributed by atoms with Gasteiger partial charge in [0.05, 0.1) is 23.4 Å². The Labute approximate surface area is 196 Å². The van der Waals surface area contributed by atoms with Gasteiger partial charge in [-0.25, -0.2) is 9.97 Å². The van der Waals surface area contributed by atoms with E-state index in [4.69, 9.17) is 4.98 Å². The summed E-state index contributed by atoms with van der Waals surface area (Å²) in [7, 11) is 0. The van der Waals surface area contributed by atoms with Crippen LogP contribution in [0, 0.1) is 11.8 Å². The fourth-order valence-electron chi connectivity index (χ4n) is 4.27. The third-order valence-corrected chi connectivity index (χ3v) is 5.84. The highest BCUT2D eigenvalue weighted by molar-refractivity contribution is 6.04. The third kappa shape index (κ3) is 3.99. The maximum Gasteiger partial charge on any atom is 0.299 e. The molecule has 2 amide bonds. The van der Waals surface area contributed by atoms with Crippen molar-refractivity contribution in [1.82, 2.24) is 24.3 Å². The zero-order chi connectivity index (χ0) is 23.5. The molecule has 0 radical (unpaired) electrons. The number of amides is 2. The van der Waals surface area contributed by atoms with Gasteiger partial charge in [0.1, 0.15) is 11.6 Å². The molecular formula is C26H22N6O2. The number of hydrogen-bond acceptors (Lipinski definition) is 5. The number of benzene rings is 1. The molecule has 8 nitrogen and oxygen atoms in total. The number of hydrogen-bond donors (Lipinski definition) is 1. The molecular weight excluding hydrogens is 428 g/mol. The van der Waals surface area contributed by atoms with Crippen molar-refractivity contribution in [2.45, 2.75) is 25.8 Å². The Morgan fingerprint density at radius 1 is 1.12 bits per heavy atom. The lowest BCUT2D eigenvalue weighted by atomic mass is 10.1. The van der Waals surface area contributed by atoms with Crippen LogP contribution in [0.4, 0.5) is 5.82 Å². The van der Waals surface area contributed by atoms with Gasteiger partial charge in [-0.1, -0.05) is 24.1 Å². The summed E-state index contributed by atoms with van der Waals surface area (Å²) in [5.41, 5.74) is 2.96. The second-order valence-electron chi connectivity index (χ2n) is 7.93. The summed E-state index contributed by atoms with van der Waals surface area (Å²) >= 11 is 0. The highest BCUT2D eigenvalue weighted by Gasteiger charge is 2.33. The minimum absolute atomic E-state index is 0.152. The molecule has 1 saturated heterocycles. The molecule has 1 N–H and O–H groups in total. The van der Waals surface area contributed by atoms with E-state index in [1.54, 1.807) is 54.7 Å². The summed E-state index contributed by atoms with van der Waals surface area (Å²) in [4.78, 5) is 40.3. The van der Waals surface area contributed by atoms with Gasteiger partial charge in [0.15, 0.2) is 0 Å². The van der Waals surface area contributed by atoms with Crippen LogP contribution in [0.5, 0.6) is 0 Å². The molecule has 0 aliphatic carbocycles. The topological polar surface area (TPSA) is 92.5 Å². The van der Waals surface area contributed by atoms with E-state index in [1.807, 2.05) is 28.8 Å². The Hall–Kier alpha value is -4.51. The molecule has 1 aliphatic heterocycles. The molecule has 168 valence electrons. The number of likely N-dealkylation sites (tertiary alicyclic amines) is 1. The minimum Gasteiger partial charge on any atom is -0.322 e. The number of fused-ring (bicyclic) bond motifs is 1. The number of carbonyl (C=O) groups is 2. The molecule has 1 fully saturated rings. The molecule has 34 heavy (non-hydrogen) atoms. The van der Waals surface area contributed by atoms with Gasteiger partial charge in [-0.2, -0.15) is 0 Å². The lowest BCUT2D eigenvalue weighted by Gasteiger charge is -2.21. The van der Waals surface area contributed by atoms with Crippen LogP contribution >= 0.6 is 0 Å². The average Bonchev–Trinajstić information content (AvgIpc) is 3.50. The van der Waals surface area contributed by atoms with E-state index < -0.39 is 0 Å². The first-order valence-corrected chi connectivity index (χ1v) is 11.0. The number of anilines is 1. The van der Waals surface area contributed by atoms with Crippen molar-refractivity contribution < 1.29 is 9.59 Å². The van der Waals surface area contributed by atoms with E-state index >= 15 is 0 Å². The van der Waals surface area contributed by atoms with E-state index in [-0.39, 0.29) is 17.9 Å². The van der Waals surface area contributed by atoms with Crippen LogP contribution in [0.15, 0.2) is 67.3 Å². The molecule has 1 atom stereocenters. The van der Waals surface area contributed by atoms with Gasteiger partial charge in [0.25, 0.3) is 11.8 Å². The van der Waals surface area contributed by atoms with Gasteiger partial charge in [0, 0.05) is 36.3 Å². The molecule has 1 aliphatic rings. The van der Waals surface area contributed by atoms with Gasteiger partial charge in [-0.15, -0.1) is 0 Å². The van der Waals surface area contributed by atoms with Crippen molar-refractivity contribution in [3.8, 4) is 23.1 Å². The van der Waals surface area contributed by atoms with E-state index in [0.717, 1.165) is 35.4 Å². The largest absolute Gasteiger partial charge is 0.322 e. The standard InChI is InChI=1S/C26H22N6O2/c1-2-6-23(33)31-15-5-7-20(31)25-30-24(21-17-27-14-16-32(21)25)18-9-11-19(12-10-18)26(34)29-22-8-3-4-13-28-22/h3-4,8-14,16-17,20H,5,7,15H2,1H3,(H,28,29,34)/t20-/m0/s1. The van der Waals surface area contributed by atoms with Crippen molar-refractivity contribution in [1.29, 1.82) is 0 Å². The fraction of sp³-hybridized carbons (Fsp3) is 0.192. The van der Waals surface area contributed by atoms with Crippen molar-refractivity contribution >= 4 is 23.1 Å². The number of rotatable bonds is 4. The van der Waals surface area contributed by atoms with Crippen molar-refractivity contribution in [3.63, 3.8) is 0 Å². The van der Waals surface area contributed by atoms with Gasteiger partial charge in [0.2, 0.25) is 0 Å². The van der Waals surface area contributed by atoms with Crippen LogP contribution in [-0.4, -0.2) is 42.6 Å². The van der Waals surface area contributed by atoms with E-state index in [0.29, 0.717) is 17.9 Å². The van der Waals surface area contributed by atoms with Crippen LogP contribution < -0.4 is 5.32 Å². The molecule has 4 aromatic rings. The number of nitrogens with zero attached hydrogens (tertiary/aromatic N) is 5.